The van der Waals surface area contributed by atoms with Gasteiger partial charge in [-0.2, -0.15) is 0 Å². The molecular formula is C13H20N2O3S. The van der Waals surface area contributed by atoms with Crippen molar-refractivity contribution in [2.45, 2.75) is 30.3 Å². The summed E-state index contributed by atoms with van der Waals surface area (Å²) in [6, 6.07) is 6.68. The summed E-state index contributed by atoms with van der Waals surface area (Å²) >= 11 is 0. The average molecular weight is 284 g/mol. The van der Waals surface area contributed by atoms with Gasteiger partial charge in [0, 0.05) is 25.9 Å². The zero-order valence-electron chi connectivity index (χ0n) is 11.1. The molecule has 0 bridgehead atoms. The number of ether oxygens (including phenoxy) is 1. The molecule has 1 atom stereocenters. The molecule has 0 spiro atoms. The van der Waals surface area contributed by atoms with Gasteiger partial charge < -0.3 is 10.1 Å². The van der Waals surface area contributed by atoms with Crippen molar-refractivity contribution in [1.82, 2.24) is 4.72 Å². The molecule has 0 radical (unpaired) electrons. The van der Waals surface area contributed by atoms with Crippen LogP contribution in [0.1, 0.15) is 19.3 Å². The average Bonchev–Trinajstić information content (AvgIpc) is 2.92. The van der Waals surface area contributed by atoms with Crippen molar-refractivity contribution in [2.75, 3.05) is 25.5 Å². The Bertz CT molecular complexity index is 493. The lowest BCUT2D eigenvalue weighted by Gasteiger charge is -2.11. The maximum atomic E-state index is 12.0. The van der Waals surface area contributed by atoms with E-state index in [9.17, 15) is 8.42 Å². The molecule has 1 aliphatic heterocycles. The lowest BCUT2D eigenvalue weighted by atomic mass is 10.2. The Morgan fingerprint density at radius 1 is 1.32 bits per heavy atom. The topological polar surface area (TPSA) is 67.4 Å². The van der Waals surface area contributed by atoms with Crippen LogP contribution < -0.4 is 10.0 Å². The standard InChI is InChI=1S/C13H20N2O3S/c1-14-11-4-6-13(7-5-11)19(16,17)15-9-8-12-3-2-10-18-12/h4-7,12,14-15H,2-3,8-10H2,1H3. The Morgan fingerprint density at radius 3 is 2.63 bits per heavy atom. The second-order valence-corrected chi connectivity index (χ2v) is 6.36. The van der Waals surface area contributed by atoms with E-state index < -0.39 is 10.0 Å². The first kappa shape index (κ1) is 14.3. The molecule has 6 heteroatoms. The van der Waals surface area contributed by atoms with E-state index in [1.54, 1.807) is 31.3 Å². The Morgan fingerprint density at radius 2 is 2.05 bits per heavy atom. The monoisotopic (exact) mass is 284 g/mol. The van der Waals surface area contributed by atoms with Crippen LogP contribution in [0, 0.1) is 0 Å². The lowest BCUT2D eigenvalue weighted by molar-refractivity contribution is 0.105. The van der Waals surface area contributed by atoms with Gasteiger partial charge in [0.25, 0.3) is 0 Å². The van der Waals surface area contributed by atoms with Crippen LogP contribution in [-0.4, -0.2) is 34.7 Å². The molecule has 1 aromatic carbocycles. The number of hydrogen-bond donors (Lipinski definition) is 2. The van der Waals surface area contributed by atoms with Crippen molar-refractivity contribution < 1.29 is 13.2 Å². The number of rotatable bonds is 6. The predicted octanol–water partition coefficient (Wildman–Crippen LogP) is 1.58. The summed E-state index contributed by atoms with van der Waals surface area (Å²) in [7, 11) is -1.62. The van der Waals surface area contributed by atoms with E-state index in [2.05, 4.69) is 10.0 Å². The van der Waals surface area contributed by atoms with E-state index in [1.165, 1.54) is 0 Å². The molecule has 19 heavy (non-hydrogen) atoms. The van der Waals surface area contributed by atoms with Crippen LogP contribution in [-0.2, 0) is 14.8 Å². The first-order valence-electron chi connectivity index (χ1n) is 6.51. The molecule has 2 N–H and O–H groups in total. The van der Waals surface area contributed by atoms with Gasteiger partial charge in [0.05, 0.1) is 11.0 Å². The zero-order valence-corrected chi connectivity index (χ0v) is 11.9. The number of sulfonamides is 1. The minimum absolute atomic E-state index is 0.203. The van der Waals surface area contributed by atoms with Gasteiger partial charge in [-0.05, 0) is 43.5 Å². The molecule has 5 nitrogen and oxygen atoms in total. The van der Waals surface area contributed by atoms with Gasteiger partial charge in [-0.25, -0.2) is 13.1 Å². The normalized spacial score (nSPS) is 19.5. The van der Waals surface area contributed by atoms with Crippen LogP contribution in [0.4, 0.5) is 5.69 Å². The third kappa shape index (κ3) is 3.92. The SMILES string of the molecule is CNc1ccc(S(=O)(=O)NCCC2CCCO2)cc1. The fraction of sp³-hybridized carbons (Fsp3) is 0.538. The molecule has 1 aliphatic rings. The van der Waals surface area contributed by atoms with Crippen LogP contribution in [0.25, 0.3) is 0 Å². The number of hydrogen-bond acceptors (Lipinski definition) is 4. The molecule has 106 valence electrons. The van der Waals surface area contributed by atoms with E-state index in [0.29, 0.717) is 11.4 Å². The summed E-state index contributed by atoms with van der Waals surface area (Å²) in [6.45, 7) is 1.21. The first-order chi connectivity index (χ1) is 9.12. The van der Waals surface area contributed by atoms with Gasteiger partial charge in [0.15, 0.2) is 0 Å². The van der Waals surface area contributed by atoms with Crippen molar-refractivity contribution in [3.8, 4) is 0 Å². The molecule has 0 saturated carbocycles. The van der Waals surface area contributed by atoms with Crippen molar-refractivity contribution in [2.24, 2.45) is 0 Å². The summed E-state index contributed by atoms with van der Waals surface area (Å²) in [4.78, 5) is 0.291. The second-order valence-electron chi connectivity index (χ2n) is 4.60. The molecule has 1 saturated heterocycles. The van der Waals surface area contributed by atoms with Crippen molar-refractivity contribution >= 4 is 15.7 Å². The largest absolute Gasteiger partial charge is 0.388 e. The first-order valence-corrected chi connectivity index (χ1v) is 7.99. The third-order valence-electron chi connectivity index (χ3n) is 3.24. The summed E-state index contributed by atoms with van der Waals surface area (Å²) in [5.74, 6) is 0. The van der Waals surface area contributed by atoms with Crippen LogP contribution in [0.3, 0.4) is 0 Å². The molecule has 0 amide bonds. The summed E-state index contributed by atoms with van der Waals surface area (Å²) in [6.07, 6.45) is 3.03. The van der Waals surface area contributed by atoms with E-state index in [-0.39, 0.29) is 6.10 Å². The highest BCUT2D eigenvalue weighted by molar-refractivity contribution is 7.89. The van der Waals surface area contributed by atoms with Gasteiger partial charge in [-0.1, -0.05) is 0 Å². The summed E-state index contributed by atoms with van der Waals surface area (Å²) in [5.41, 5.74) is 0.887. The van der Waals surface area contributed by atoms with Gasteiger partial charge >= 0.3 is 0 Å². The molecule has 2 rings (SSSR count). The predicted molar refractivity (Wildman–Crippen MR) is 74.8 cm³/mol. The minimum atomic E-state index is -3.41. The summed E-state index contributed by atoms with van der Waals surface area (Å²) in [5, 5.41) is 2.95. The fourth-order valence-electron chi connectivity index (χ4n) is 2.11. The summed E-state index contributed by atoms with van der Waals surface area (Å²) < 4.78 is 32.1. The molecule has 1 aromatic rings. The van der Waals surface area contributed by atoms with Crippen LogP contribution in [0.2, 0.25) is 0 Å². The quantitative estimate of drug-likeness (QED) is 0.832. The zero-order chi connectivity index (χ0) is 13.7. The van der Waals surface area contributed by atoms with Gasteiger partial charge in [0.1, 0.15) is 0 Å². The lowest BCUT2D eigenvalue weighted by Crippen LogP contribution is -2.27. The number of nitrogens with one attached hydrogen (secondary N) is 2. The van der Waals surface area contributed by atoms with Gasteiger partial charge in [-0.3, -0.25) is 0 Å². The highest BCUT2D eigenvalue weighted by Gasteiger charge is 2.17. The van der Waals surface area contributed by atoms with E-state index >= 15 is 0 Å². The van der Waals surface area contributed by atoms with Crippen LogP contribution in [0.5, 0.6) is 0 Å². The van der Waals surface area contributed by atoms with E-state index in [1.807, 2.05) is 0 Å². The van der Waals surface area contributed by atoms with Crippen molar-refractivity contribution in [1.29, 1.82) is 0 Å². The molecule has 1 unspecified atom stereocenters. The van der Waals surface area contributed by atoms with Crippen LogP contribution in [0.15, 0.2) is 29.2 Å². The molecular weight excluding hydrogens is 264 g/mol. The molecule has 0 aliphatic carbocycles. The maximum absolute atomic E-state index is 12.0. The number of anilines is 1. The highest BCUT2D eigenvalue weighted by atomic mass is 32.2. The molecule has 1 fully saturated rings. The minimum Gasteiger partial charge on any atom is -0.388 e. The van der Waals surface area contributed by atoms with Crippen molar-refractivity contribution in [3.63, 3.8) is 0 Å². The van der Waals surface area contributed by atoms with Gasteiger partial charge in [-0.15, -0.1) is 0 Å². The van der Waals surface area contributed by atoms with Crippen LogP contribution >= 0.6 is 0 Å². The third-order valence-corrected chi connectivity index (χ3v) is 4.71. The van der Waals surface area contributed by atoms with Crippen molar-refractivity contribution in [3.05, 3.63) is 24.3 Å². The highest BCUT2D eigenvalue weighted by Crippen LogP contribution is 2.16. The Labute approximate surface area is 114 Å². The maximum Gasteiger partial charge on any atom is 0.240 e. The fourth-order valence-corrected chi connectivity index (χ4v) is 3.16. The van der Waals surface area contributed by atoms with E-state index in [4.69, 9.17) is 4.74 Å². The Hall–Kier alpha value is -1.11. The second kappa shape index (κ2) is 6.36. The molecule has 1 heterocycles. The Kier molecular flexibility index (Phi) is 4.79. The number of benzene rings is 1. The van der Waals surface area contributed by atoms with E-state index in [0.717, 1.165) is 31.6 Å². The molecule has 0 aromatic heterocycles. The smallest absolute Gasteiger partial charge is 0.240 e. The Balaban J connectivity index is 1.89. The van der Waals surface area contributed by atoms with Gasteiger partial charge in [0.2, 0.25) is 10.0 Å².